The van der Waals surface area contributed by atoms with E-state index in [4.69, 9.17) is 4.74 Å². The van der Waals surface area contributed by atoms with Crippen LogP contribution in [0.4, 0.5) is 4.79 Å². The molecule has 4 atom stereocenters. The van der Waals surface area contributed by atoms with E-state index in [0.29, 0.717) is 0 Å². The van der Waals surface area contributed by atoms with Crippen LogP contribution in [-0.4, -0.2) is 69.3 Å². The number of aliphatic hydroxyl groups is 1. The fraction of sp³-hybridized carbons (Fsp3) is 0.400. The van der Waals surface area contributed by atoms with E-state index in [1.807, 2.05) is 105 Å². The molecule has 3 N–H and O–H groups in total. The van der Waals surface area contributed by atoms with Gasteiger partial charge in [0.15, 0.2) is 12.1 Å². The van der Waals surface area contributed by atoms with Crippen molar-refractivity contribution in [3.63, 3.8) is 0 Å². The summed E-state index contributed by atoms with van der Waals surface area (Å²) in [4.78, 5) is 41.6. The van der Waals surface area contributed by atoms with Crippen LogP contribution in [0.1, 0.15) is 61.8 Å². The van der Waals surface area contributed by atoms with Gasteiger partial charge in [-0.2, -0.15) is 0 Å². The Morgan fingerprint density at radius 3 is 1.77 bits per heavy atom. The lowest BCUT2D eigenvalue weighted by Gasteiger charge is -2.28. The van der Waals surface area contributed by atoms with Gasteiger partial charge in [-0.3, -0.25) is 0 Å². The predicted octanol–water partition coefficient (Wildman–Crippen LogP) is 5.15. The molecule has 2 amide bonds. The molecular formula is C35H43N3O6. The number of nitrogens with one attached hydrogen (secondary N) is 1. The number of esters is 1. The van der Waals surface area contributed by atoms with Gasteiger partial charge < -0.3 is 30.1 Å². The average molecular weight is 602 g/mol. The maximum absolute atomic E-state index is 13.4. The topological polar surface area (TPSA) is 119 Å². The molecule has 234 valence electrons. The summed E-state index contributed by atoms with van der Waals surface area (Å²) in [5, 5.41) is 22.8. The Morgan fingerprint density at radius 1 is 0.818 bits per heavy atom. The van der Waals surface area contributed by atoms with Gasteiger partial charge in [0.2, 0.25) is 0 Å². The number of aliphatic carboxylic acids is 1. The molecule has 0 bridgehead atoms. The number of nitrogens with zero attached hydrogens (tertiary/aromatic N) is 2. The van der Waals surface area contributed by atoms with Crippen LogP contribution in [0, 0.1) is 0 Å². The summed E-state index contributed by atoms with van der Waals surface area (Å²) in [6.45, 7) is 2.20. The number of carboxylic acid groups (broad SMARTS) is 1. The number of likely N-dealkylation sites (N-methyl/N-ethyl adjacent to an activating group) is 1. The van der Waals surface area contributed by atoms with Crippen molar-refractivity contribution in [2.75, 3.05) is 7.05 Å². The zero-order chi connectivity index (χ0) is 31.5. The smallest absolute Gasteiger partial charge is 0.332 e. The Morgan fingerprint density at radius 2 is 1.30 bits per heavy atom. The van der Waals surface area contributed by atoms with Crippen LogP contribution in [0.3, 0.4) is 0 Å². The molecule has 0 radical (unpaired) electrons. The summed E-state index contributed by atoms with van der Waals surface area (Å²) in [5.74, 6) is -1.85. The minimum atomic E-state index is -1.32. The zero-order valence-corrected chi connectivity index (χ0v) is 25.4. The molecule has 2 aliphatic rings. The van der Waals surface area contributed by atoms with Crippen molar-refractivity contribution in [3.8, 4) is 0 Å². The van der Waals surface area contributed by atoms with Crippen LogP contribution in [0.2, 0.25) is 0 Å². The highest BCUT2D eigenvalue weighted by atomic mass is 16.5. The quantitative estimate of drug-likeness (QED) is 0.275. The summed E-state index contributed by atoms with van der Waals surface area (Å²) in [6, 6.07) is 25.2. The second-order valence-corrected chi connectivity index (χ2v) is 11.4. The Kier molecular flexibility index (Phi) is 11.9. The van der Waals surface area contributed by atoms with Crippen LogP contribution in [0.25, 0.3) is 0 Å². The number of ether oxygens (including phenoxy) is 1. The maximum atomic E-state index is 13.4. The van der Waals surface area contributed by atoms with Crippen molar-refractivity contribution < 1.29 is 29.3 Å². The molecule has 3 aromatic carbocycles. The van der Waals surface area contributed by atoms with E-state index in [2.05, 4.69) is 5.32 Å². The molecule has 3 aromatic rings. The summed E-state index contributed by atoms with van der Waals surface area (Å²) < 4.78 is 5.75. The van der Waals surface area contributed by atoms with Crippen molar-refractivity contribution in [2.45, 2.75) is 82.5 Å². The standard InChI is InChI=1S/C25H28N2O5.C10H15NO/c28-23(29)21-22(24(30)32-20-14-8-3-9-15-20)27(17-19-12-6-2-7-13-19)25(31)26(21)16-18-10-4-1-5-11-18;1-8(11-2)10(12)9-6-4-3-5-7-9/h1-2,4-7,10-13,20-22H,3,8-9,14-17H2,(H,28,29);3-8,10-12H,1-2H3. The Balaban J connectivity index is 0.000000309. The largest absolute Gasteiger partial charge is 0.480 e. The van der Waals surface area contributed by atoms with Crippen molar-refractivity contribution >= 4 is 18.0 Å². The van der Waals surface area contributed by atoms with Crippen molar-refractivity contribution in [3.05, 3.63) is 108 Å². The van der Waals surface area contributed by atoms with Crippen LogP contribution in [-0.2, 0) is 27.4 Å². The Bertz CT molecular complexity index is 1330. The lowest BCUT2D eigenvalue weighted by atomic mass is 9.97. The van der Waals surface area contributed by atoms with Gasteiger partial charge in [0.05, 0.1) is 6.10 Å². The van der Waals surface area contributed by atoms with E-state index in [0.717, 1.165) is 48.8 Å². The number of hydrogen-bond acceptors (Lipinski definition) is 6. The van der Waals surface area contributed by atoms with Gasteiger partial charge in [-0.25, -0.2) is 14.4 Å². The van der Waals surface area contributed by atoms with Gasteiger partial charge in [-0.1, -0.05) is 97.4 Å². The third-order valence-corrected chi connectivity index (χ3v) is 8.25. The number of hydrogen-bond donors (Lipinski definition) is 3. The number of carboxylic acids is 1. The number of amides is 2. The lowest BCUT2D eigenvalue weighted by Crippen LogP contribution is -2.49. The predicted molar refractivity (Wildman–Crippen MR) is 167 cm³/mol. The fourth-order valence-electron chi connectivity index (χ4n) is 5.67. The van der Waals surface area contributed by atoms with E-state index in [1.54, 1.807) is 0 Å². The first kappa shape index (κ1) is 32.7. The molecule has 5 rings (SSSR count). The molecule has 1 saturated heterocycles. The molecule has 0 spiro atoms. The number of urea groups is 1. The van der Waals surface area contributed by atoms with Gasteiger partial charge >= 0.3 is 18.0 Å². The fourth-order valence-corrected chi connectivity index (χ4v) is 5.67. The van der Waals surface area contributed by atoms with Crippen LogP contribution < -0.4 is 5.32 Å². The molecule has 0 aromatic heterocycles. The van der Waals surface area contributed by atoms with E-state index >= 15 is 0 Å². The summed E-state index contributed by atoms with van der Waals surface area (Å²) in [7, 11) is 1.84. The van der Waals surface area contributed by atoms with Gasteiger partial charge in [0.25, 0.3) is 0 Å². The SMILES string of the molecule is CNC(C)C(O)c1ccccc1.O=C(O)C1C(C(=O)OC2CCCCC2)N(Cc2ccccc2)C(=O)N1Cc1ccccc1. The first-order valence-electron chi connectivity index (χ1n) is 15.3. The van der Waals surface area contributed by atoms with E-state index in [9.17, 15) is 24.6 Å². The Hall–Kier alpha value is -4.21. The maximum Gasteiger partial charge on any atom is 0.332 e. The number of carbonyl (C=O) groups excluding carboxylic acids is 2. The van der Waals surface area contributed by atoms with Gasteiger partial charge in [-0.15, -0.1) is 0 Å². The minimum absolute atomic E-state index is 0.0902. The van der Waals surface area contributed by atoms with Crippen LogP contribution >= 0.6 is 0 Å². The van der Waals surface area contributed by atoms with Crippen molar-refractivity contribution in [1.82, 2.24) is 15.1 Å². The van der Waals surface area contributed by atoms with Gasteiger partial charge in [0, 0.05) is 19.1 Å². The van der Waals surface area contributed by atoms with Crippen molar-refractivity contribution in [1.29, 1.82) is 0 Å². The molecule has 44 heavy (non-hydrogen) atoms. The molecule has 1 saturated carbocycles. The average Bonchev–Trinajstić information content (AvgIpc) is 3.33. The van der Waals surface area contributed by atoms with E-state index < -0.39 is 36.2 Å². The lowest BCUT2D eigenvalue weighted by molar-refractivity contribution is -0.160. The molecule has 1 aliphatic carbocycles. The van der Waals surface area contributed by atoms with Crippen molar-refractivity contribution in [2.24, 2.45) is 0 Å². The first-order chi connectivity index (χ1) is 21.3. The number of aliphatic hydroxyl groups excluding tert-OH is 1. The number of benzene rings is 3. The summed E-state index contributed by atoms with van der Waals surface area (Å²) in [6.07, 6.45) is 3.99. The van der Waals surface area contributed by atoms with Gasteiger partial charge in [-0.05, 0) is 56.3 Å². The molecular weight excluding hydrogens is 558 g/mol. The highest BCUT2D eigenvalue weighted by molar-refractivity contribution is 5.96. The zero-order valence-electron chi connectivity index (χ0n) is 25.4. The molecule has 2 fully saturated rings. The minimum Gasteiger partial charge on any atom is -0.480 e. The molecule has 1 aliphatic heterocycles. The third kappa shape index (κ3) is 8.45. The second kappa shape index (κ2) is 16.0. The molecule has 9 heteroatoms. The second-order valence-electron chi connectivity index (χ2n) is 11.4. The molecule has 1 heterocycles. The Labute approximate surface area is 259 Å². The first-order valence-corrected chi connectivity index (χ1v) is 15.3. The molecule has 9 nitrogen and oxygen atoms in total. The number of carbonyl (C=O) groups is 3. The highest BCUT2D eigenvalue weighted by Gasteiger charge is 2.54. The van der Waals surface area contributed by atoms with E-state index in [1.165, 1.54) is 9.80 Å². The van der Waals surface area contributed by atoms with E-state index in [-0.39, 0.29) is 25.2 Å². The van der Waals surface area contributed by atoms with Gasteiger partial charge in [0.1, 0.15) is 6.10 Å². The highest BCUT2D eigenvalue weighted by Crippen LogP contribution is 2.30. The normalized spacial score (nSPS) is 19.9. The van der Waals surface area contributed by atoms with Crippen LogP contribution in [0.5, 0.6) is 0 Å². The summed E-state index contributed by atoms with van der Waals surface area (Å²) in [5.41, 5.74) is 2.58. The number of rotatable bonds is 10. The summed E-state index contributed by atoms with van der Waals surface area (Å²) >= 11 is 0. The third-order valence-electron chi connectivity index (χ3n) is 8.25. The van der Waals surface area contributed by atoms with Crippen LogP contribution in [0.15, 0.2) is 91.0 Å². The molecule has 4 unspecified atom stereocenters. The monoisotopic (exact) mass is 601 g/mol.